The molecule has 2 aromatic rings. The maximum absolute atomic E-state index is 13.5. The highest BCUT2D eigenvalue weighted by molar-refractivity contribution is 9.10. The Balaban J connectivity index is 1.82. The standard InChI is InChI=1S/C23H23BrN2O3/c1-14-4-6-17(7-5-14)20-21(25-12-15(2)29-16(3)13-25)23(28)26(22(20)27)19-10-8-18(24)9-11-19/h4-11,15-16H,12-13H2,1-3H3. The predicted octanol–water partition coefficient (Wildman–Crippen LogP) is 4.15. The Labute approximate surface area is 179 Å². The Morgan fingerprint density at radius 3 is 2.07 bits per heavy atom. The van der Waals surface area contributed by atoms with Crippen LogP contribution in [-0.2, 0) is 14.3 Å². The van der Waals surface area contributed by atoms with Crippen LogP contribution in [0, 0.1) is 6.92 Å². The Morgan fingerprint density at radius 2 is 1.48 bits per heavy atom. The summed E-state index contributed by atoms with van der Waals surface area (Å²) in [6.07, 6.45) is -0.0368. The van der Waals surface area contributed by atoms with Crippen LogP contribution in [0.5, 0.6) is 0 Å². The molecule has 4 rings (SSSR count). The first kappa shape index (κ1) is 19.9. The number of hydrogen-bond acceptors (Lipinski definition) is 4. The molecule has 2 aliphatic heterocycles. The highest BCUT2D eigenvalue weighted by Crippen LogP contribution is 2.36. The largest absolute Gasteiger partial charge is 0.372 e. The number of carbonyl (C=O) groups is 2. The minimum Gasteiger partial charge on any atom is -0.372 e. The van der Waals surface area contributed by atoms with Gasteiger partial charge in [0, 0.05) is 17.6 Å². The van der Waals surface area contributed by atoms with E-state index in [-0.39, 0.29) is 24.0 Å². The monoisotopic (exact) mass is 454 g/mol. The van der Waals surface area contributed by atoms with E-state index in [0.29, 0.717) is 30.0 Å². The van der Waals surface area contributed by atoms with Crippen molar-refractivity contribution in [3.8, 4) is 0 Å². The van der Waals surface area contributed by atoms with Crippen molar-refractivity contribution in [1.29, 1.82) is 0 Å². The van der Waals surface area contributed by atoms with Gasteiger partial charge in [-0.25, -0.2) is 4.90 Å². The Morgan fingerprint density at radius 1 is 0.897 bits per heavy atom. The zero-order valence-corrected chi connectivity index (χ0v) is 18.3. The van der Waals surface area contributed by atoms with Crippen molar-refractivity contribution < 1.29 is 14.3 Å². The number of imide groups is 1. The fourth-order valence-electron chi connectivity index (χ4n) is 3.98. The first-order valence-corrected chi connectivity index (χ1v) is 10.5. The van der Waals surface area contributed by atoms with Crippen molar-refractivity contribution in [2.45, 2.75) is 33.0 Å². The van der Waals surface area contributed by atoms with Crippen LogP contribution in [0.1, 0.15) is 25.0 Å². The molecule has 6 heteroatoms. The fourth-order valence-corrected chi connectivity index (χ4v) is 4.24. The van der Waals surface area contributed by atoms with E-state index in [4.69, 9.17) is 4.74 Å². The molecule has 2 atom stereocenters. The van der Waals surface area contributed by atoms with Crippen molar-refractivity contribution in [1.82, 2.24) is 4.90 Å². The molecule has 0 bridgehead atoms. The van der Waals surface area contributed by atoms with Gasteiger partial charge in [-0.15, -0.1) is 0 Å². The summed E-state index contributed by atoms with van der Waals surface area (Å²) >= 11 is 3.41. The molecule has 5 nitrogen and oxygen atoms in total. The molecule has 0 radical (unpaired) electrons. The van der Waals surface area contributed by atoms with Gasteiger partial charge in [-0.3, -0.25) is 9.59 Å². The number of benzene rings is 2. The van der Waals surface area contributed by atoms with Crippen LogP contribution >= 0.6 is 15.9 Å². The molecule has 0 aliphatic carbocycles. The third kappa shape index (κ3) is 3.74. The van der Waals surface area contributed by atoms with Gasteiger partial charge in [0.25, 0.3) is 11.8 Å². The summed E-state index contributed by atoms with van der Waals surface area (Å²) in [6.45, 7) is 7.12. The summed E-state index contributed by atoms with van der Waals surface area (Å²) in [7, 11) is 0. The SMILES string of the molecule is Cc1ccc(C2=C(N3CC(C)OC(C)C3)C(=O)N(c3ccc(Br)cc3)C2=O)cc1. The number of rotatable bonds is 3. The van der Waals surface area contributed by atoms with Gasteiger partial charge >= 0.3 is 0 Å². The first-order valence-electron chi connectivity index (χ1n) is 9.71. The second-order valence-corrected chi connectivity index (χ2v) is 8.59. The number of halogens is 1. The molecule has 1 fully saturated rings. The van der Waals surface area contributed by atoms with E-state index in [0.717, 1.165) is 15.6 Å². The lowest BCUT2D eigenvalue weighted by Gasteiger charge is -2.37. The molecule has 1 saturated heterocycles. The van der Waals surface area contributed by atoms with E-state index in [1.54, 1.807) is 12.1 Å². The van der Waals surface area contributed by atoms with Gasteiger partial charge in [0.1, 0.15) is 5.70 Å². The summed E-state index contributed by atoms with van der Waals surface area (Å²) in [4.78, 5) is 30.3. The number of anilines is 1. The average Bonchev–Trinajstić information content (AvgIpc) is 2.93. The second kappa shape index (κ2) is 7.76. The molecule has 2 unspecified atom stereocenters. The van der Waals surface area contributed by atoms with E-state index in [1.807, 2.05) is 62.1 Å². The molecular weight excluding hydrogens is 432 g/mol. The number of aryl methyl sites for hydroxylation is 1. The van der Waals surface area contributed by atoms with Crippen molar-refractivity contribution in [2.24, 2.45) is 0 Å². The predicted molar refractivity (Wildman–Crippen MR) is 116 cm³/mol. The minimum absolute atomic E-state index is 0.0184. The number of carbonyl (C=O) groups excluding carboxylic acids is 2. The lowest BCUT2D eigenvalue weighted by atomic mass is 10.0. The lowest BCUT2D eigenvalue weighted by molar-refractivity contribution is -0.121. The molecule has 29 heavy (non-hydrogen) atoms. The highest BCUT2D eigenvalue weighted by Gasteiger charge is 2.43. The number of morpholine rings is 1. The minimum atomic E-state index is -0.289. The Bertz CT molecular complexity index is 972. The number of hydrogen-bond donors (Lipinski definition) is 0. The van der Waals surface area contributed by atoms with E-state index in [1.165, 1.54) is 4.90 Å². The van der Waals surface area contributed by atoms with Gasteiger partial charge in [0.2, 0.25) is 0 Å². The topological polar surface area (TPSA) is 49.9 Å². The summed E-state index contributed by atoms with van der Waals surface area (Å²) < 4.78 is 6.73. The van der Waals surface area contributed by atoms with Gasteiger partial charge in [-0.1, -0.05) is 45.8 Å². The van der Waals surface area contributed by atoms with E-state index < -0.39 is 0 Å². The highest BCUT2D eigenvalue weighted by atomic mass is 79.9. The molecule has 2 aliphatic rings. The number of amides is 2. The maximum Gasteiger partial charge on any atom is 0.282 e. The van der Waals surface area contributed by atoms with Gasteiger partial charge in [0.05, 0.1) is 23.5 Å². The van der Waals surface area contributed by atoms with Crippen molar-refractivity contribution in [3.05, 3.63) is 69.8 Å². The molecule has 0 aromatic heterocycles. The normalized spacial score (nSPS) is 22.6. The lowest BCUT2D eigenvalue weighted by Crippen LogP contribution is -2.47. The molecule has 2 heterocycles. The van der Waals surface area contributed by atoms with Gasteiger partial charge in [0.15, 0.2) is 0 Å². The quantitative estimate of drug-likeness (QED) is 0.653. The van der Waals surface area contributed by atoms with Crippen molar-refractivity contribution in [2.75, 3.05) is 18.0 Å². The van der Waals surface area contributed by atoms with Crippen LogP contribution in [0.25, 0.3) is 5.57 Å². The van der Waals surface area contributed by atoms with Crippen LogP contribution in [0.2, 0.25) is 0 Å². The van der Waals surface area contributed by atoms with Crippen LogP contribution in [0.3, 0.4) is 0 Å². The summed E-state index contributed by atoms with van der Waals surface area (Å²) in [5, 5.41) is 0. The van der Waals surface area contributed by atoms with Gasteiger partial charge in [-0.2, -0.15) is 0 Å². The van der Waals surface area contributed by atoms with Crippen molar-refractivity contribution in [3.63, 3.8) is 0 Å². The third-order valence-electron chi connectivity index (χ3n) is 5.22. The summed E-state index contributed by atoms with van der Waals surface area (Å²) in [6, 6.07) is 15.0. The number of nitrogens with zero attached hydrogens (tertiary/aromatic N) is 2. The average molecular weight is 455 g/mol. The zero-order chi connectivity index (χ0) is 20.7. The molecule has 0 saturated carbocycles. The smallest absolute Gasteiger partial charge is 0.282 e. The number of ether oxygens (including phenoxy) is 1. The first-order chi connectivity index (χ1) is 13.8. The van der Waals surface area contributed by atoms with E-state index in [2.05, 4.69) is 15.9 Å². The molecule has 2 amide bonds. The molecular formula is C23H23BrN2O3. The van der Waals surface area contributed by atoms with Crippen LogP contribution in [0.15, 0.2) is 58.7 Å². The fraction of sp³-hybridized carbons (Fsp3) is 0.304. The summed E-state index contributed by atoms with van der Waals surface area (Å²) in [5.41, 5.74) is 3.35. The molecule has 150 valence electrons. The van der Waals surface area contributed by atoms with Crippen LogP contribution in [0.4, 0.5) is 5.69 Å². The second-order valence-electron chi connectivity index (χ2n) is 7.67. The van der Waals surface area contributed by atoms with Gasteiger partial charge in [-0.05, 0) is 50.6 Å². The Kier molecular flexibility index (Phi) is 5.32. The molecule has 0 N–H and O–H groups in total. The van der Waals surface area contributed by atoms with Gasteiger partial charge < -0.3 is 9.64 Å². The zero-order valence-electron chi connectivity index (χ0n) is 16.7. The van der Waals surface area contributed by atoms with Crippen LogP contribution in [-0.4, -0.2) is 42.0 Å². The van der Waals surface area contributed by atoms with Crippen molar-refractivity contribution >= 4 is 39.0 Å². The maximum atomic E-state index is 13.5. The third-order valence-corrected chi connectivity index (χ3v) is 5.75. The van der Waals surface area contributed by atoms with Crippen LogP contribution < -0.4 is 4.90 Å². The Hall–Kier alpha value is -2.44. The molecule has 0 spiro atoms. The van der Waals surface area contributed by atoms with E-state index in [9.17, 15) is 9.59 Å². The van der Waals surface area contributed by atoms with E-state index >= 15 is 0 Å². The molecule has 2 aromatic carbocycles. The summed E-state index contributed by atoms with van der Waals surface area (Å²) in [5.74, 6) is -0.572.